The molecule has 2 N–H and O–H groups in total. The largest absolute Gasteiger partial charge is 0.508 e. The summed E-state index contributed by atoms with van der Waals surface area (Å²) in [7, 11) is 0. The smallest absolute Gasteiger partial charge is 0.229 e. The zero-order valence-corrected chi connectivity index (χ0v) is 11.2. The maximum Gasteiger partial charge on any atom is 0.229 e. The van der Waals surface area contributed by atoms with Crippen molar-refractivity contribution in [1.82, 2.24) is 0 Å². The first-order valence-corrected chi connectivity index (χ1v) is 6.57. The molecule has 3 nitrogen and oxygen atoms in total. The van der Waals surface area contributed by atoms with Crippen LogP contribution in [-0.4, -0.2) is 11.0 Å². The van der Waals surface area contributed by atoms with E-state index in [4.69, 9.17) is 0 Å². The number of hydrogen-bond donors (Lipinski definition) is 2. The Morgan fingerprint density at radius 2 is 2.18 bits per heavy atom. The van der Waals surface area contributed by atoms with Gasteiger partial charge >= 0.3 is 0 Å². The number of thiophene rings is 1. The summed E-state index contributed by atoms with van der Waals surface area (Å²) in [6.07, 6.45) is 0.339. The number of amides is 1. The Balaban J connectivity index is 1.98. The quantitative estimate of drug-likeness (QED) is 0.912. The molecule has 0 radical (unpaired) electrons. The molecule has 5 heteroatoms. The van der Waals surface area contributed by atoms with Gasteiger partial charge in [-0.1, -0.05) is 6.07 Å². The van der Waals surface area contributed by atoms with E-state index in [9.17, 15) is 9.90 Å². The van der Waals surface area contributed by atoms with Gasteiger partial charge in [-0.2, -0.15) is 0 Å². The molecule has 2 rings (SSSR count). The monoisotopic (exact) mass is 311 g/mol. The summed E-state index contributed by atoms with van der Waals surface area (Å²) >= 11 is 4.89. The van der Waals surface area contributed by atoms with E-state index in [1.54, 1.807) is 18.2 Å². The molecule has 0 aliphatic carbocycles. The number of aromatic hydroxyl groups is 1. The van der Waals surface area contributed by atoms with Crippen molar-refractivity contribution >= 4 is 38.9 Å². The second-order valence-corrected chi connectivity index (χ2v) is 6.03. The third-order valence-electron chi connectivity index (χ3n) is 2.09. The minimum absolute atomic E-state index is 0.0926. The molecule has 2 aromatic rings. The molecule has 0 aliphatic heterocycles. The van der Waals surface area contributed by atoms with Crippen LogP contribution in [0.4, 0.5) is 5.69 Å². The number of hydrogen-bond acceptors (Lipinski definition) is 3. The average Bonchev–Trinajstić information content (AvgIpc) is 2.63. The normalized spacial score (nSPS) is 10.2. The van der Waals surface area contributed by atoms with E-state index < -0.39 is 0 Å². The molecule has 0 saturated heterocycles. The van der Waals surface area contributed by atoms with Gasteiger partial charge in [0.05, 0.1) is 10.2 Å². The van der Waals surface area contributed by atoms with Crippen molar-refractivity contribution in [3.05, 3.63) is 45.1 Å². The molecule has 1 aromatic carbocycles. The van der Waals surface area contributed by atoms with E-state index >= 15 is 0 Å². The molecule has 1 heterocycles. The van der Waals surface area contributed by atoms with E-state index in [1.165, 1.54) is 17.4 Å². The number of halogens is 1. The van der Waals surface area contributed by atoms with Gasteiger partial charge in [0.2, 0.25) is 5.91 Å². The molecular weight excluding hydrogens is 302 g/mol. The minimum atomic E-state index is -0.0926. The van der Waals surface area contributed by atoms with Crippen molar-refractivity contribution in [3.8, 4) is 5.75 Å². The highest BCUT2D eigenvalue weighted by Crippen LogP contribution is 2.23. The van der Waals surface area contributed by atoms with E-state index in [0.717, 1.165) is 8.66 Å². The lowest BCUT2D eigenvalue weighted by atomic mass is 10.3. The van der Waals surface area contributed by atoms with E-state index in [2.05, 4.69) is 21.2 Å². The molecule has 1 aromatic heterocycles. The van der Waals surface area contributed by atoms with Gasteiger partial charge in [0.25, 0.3) is 0 Å². The van der Waals surface area contributed by atoms with E-state index in [-0.39, 0.29) is 11.7 Å². The summed E-state index contributed by atoms with van der Waals surface area (Å²) in [5.41, 5.74) is 0.602. The van der Waals surface area contributed by atoms with Gasteiger partial charge in [-0.05, 0) is 40.2 Å². The van der Waals surface area contributed by atoms with Crippen LogP contribution in [0.2, 0.25) is 0 Å². The zero-order chi connectivity index (χ0) is 12.3. The van der Waals surface area contributed by atoms with Gasteiger partial charge in [-0.25, -0.2) is 0 Å². The van der Waals surface area contributed by atoms with Gasteiger partial charge in [0.15, 0.2) is 0 Å². The van der Waals surface area contributed by atoms with Crippen LogP contribution in [0.25, 0.3) is 0 Å². The molecule has 0 saturated carbocycles. The van der Waals surface area contributed by atoms with Crippen LogP contribution < -0.4 is 5.32 Å². The Morgan fingerprint density at radius 1 is 1.35 bits per heavy atom. The van der Waals surface area contributed by atoms with Crippen molar-refractivity contribution in [2.45, 2.75) is 6.42 Å². The number of phenols is 1. The van der Waals surface area contributed by atoms with Crippen LogP contribution in [0.3, 0.4) is 0 Å². The number of rotatable bonds is 3. The molecule has 0 atom stereocenters. The molecular formula is C12H10BrNO2S. The first-order chi connectivity index (χ1) is 8.13. The third-order valence-corrected chi connectivity index (χ3v) is 3.72. The standard InChI is InChI=1S/C12H10BrNO2S/c13-11-5-4-10(17-11)7-12(16)14-8-2-1-3-9(15)6-8/h1-6,15H,7H2,(H,14,16). The van der Waals surface area contributed by atoms with Crippen molar-refractivity contribution in [2.75, 3.05) is 5.32 Å². The number of anilines is 1. The Kier molecular flexibility index (Phi) is 3.81. The van der Waals surface area contributed by atoms with Crippen LogP contribution in [0, 0.1) is 0 Å². The molecule has 1 amide bonds. The van der Waals surface area contributed by atoms with E-state index in [0.29, 0.717) is 12.1 Å². The lowest BCUT2D eigenvalue weighted by molar-refractivity contribution is -0.115. The molecule has 17 heavy (non-hydrogen) atoms. The Labute approximate surface area is 111 Å². The highest BCUT2D eigenvalue weighted by molar-refractivity contribution is 9.11. The summed E-state index contributed by atoms with van der Waals surface area (Å²) in [5.74, 6) is 0.0478. The summed E-state index contributed by atoms with van der Waals surface area (Å²) in [5, 5.41) is 12.0. The fourth-order valence-electron chi connectivity index (χ4n) is 1.39. The van der Waals surface area contributed by atoms with Crippen molar-refractivity contribution in [3.63, 3.8) is 0 Å². The van der Waals surface area contributed by atoms with Gasteiger partial charge < -0.3 is 10.4 Å². The second-order valence-electron chi connectivity index (χ2n) is 3.48. The number of benzene rings is 1. The molecule has 0 bridgehead atoms. The predicted molar refractivity (Wildman–Crippen MR) is 72.5 cm³/mol. The molecule has 0 aliphatic rings. The molecule has 0 unspecified atom stereocenters. The molecule has 0 fully saturated rings. The van der Waals surface area contributed by atoms with Crippen molar-refractivity contribution in [1.29, 1.82) is 0 Å². The summed E-state index contributed by atoms with van der Waals surface area (Å²) in [4.78, 5) is 12.7. The summed E-state index contributed by atoms with van der Waals surface area (Å²) < 4.78 is 1.01. The number of nitrogens with one attached hydrogen (secondary N) is 1. The van der Waals surface area contributed by atoms with Crippen LogP contribution in [0.5, 0.6) is 5.75 Å². The number of phenolic OH excluding ortho intramolecular Hbond substituents is 1. The van der Waals surface area contributed by atoms with Gasteiger partial charge in [0, 0.05) is 16.6 Å². The fourth-order valence-corrected chi connectivity index (χ4v) is 2.88. The Bertz CT molecular complexity index is 539. The minimum Gasteiger partial charge on any atom is -0.508 e. The maximum absolute atomic E-state index is 11.7. The van der Waals surface area contributed by atoms with Crippen LogP contribution in [0.15, 0.2) is 40.2 Å². The third kappa shape index (κ3) is 3.57. The van der Waals surface area contributed by atoms with Crippen molar-refractivity contribution < 1.29 is 9.90 Å². The van der Waals surface area contributed by atoms with E-state index in [1.807, 2.05) is 12.1 Å². The maximum atomic E-state index is 11.7. The lowest BCUT2D eigenvalue weighted by Crippen LogP contribution is -2.13. The van der Waals surface area contributed by atoms with Gasteiger partial charge in [0.1, 0.15) is 5.75 Å². The van der Waals surface area contributed by atoms with Crippen molar-refractivity contribution in [2.24, 2.45) is 0 Å². The predicted octanol–water partition coefficient (Wildman–Crippen LogP) is 3.40. The summed E-state index contributed by atoms with van der Waals surface area (Å²) in [6, 6.07) is 10.3. The van der Waals surface area contributed by atoms with Crippen LogP contribution >= 0.6 is 27.3 Å². The lowest BCUT2D eigenvalue weighted by Gasteiger charge is -2.04. The van der Waals surface area contributed by atoms with Gasteiger partial charge in [-0.3, -0.25) is 4.79 Å². The van der Waals surface area contributed by atoms with Crippen LogP contribution in [-0.2, 0) is 11.2 Å². The number of carbonyl (C=O) groups is 1. The highest BCUT2D eigenvalue weighted by Gasteiger charge is 2.06. The SMILES string of the molecule is O=C(Cc1ccc(Br)s1)Nc1cccc(O)c1. The Hall–Kier alpha value is -1.33. The first kappa shape index (κ1) is 12.1. The molecule has 0 spiro atoms. The fraction of sp³-hybridized carbons (Fsp3) is 0.0833. The topological polar surface area (TPSA) is 49.3 Å². The Morgan fingerprint density at radius 3 is 2.82 bits per heavy atom. The average molecular weight is 312 g/mol. The van der Waals surface area contributed by atoms with Crippen LogP contribution in [0.1, 0.15) is 4.88 Å². The molecule has 88 valence electrons. The zero-order valence-electron chi connectivity index (χ0n) is 8.81. The number of carbonyl (C=O) groups excluding carboxylic acids is 1. The highest BCUT2D eigenvalue weighted by atomic mass is 79.9. The van der Waals surface area contributed by atoms with Gasteiger partial charge in [-0.15, -0.1) is 11.3 Å². The first-order valence-electron chi connectivity index (χ1n) is 4.96. The second kappa shape index (κ2) is 5.33. The summed E-state index contributed by atoms with van der Waals surface area (Å²) in [6.45, 7) is 0.